The van der Waals surface area contributed by atoms with Crippen molar-refractivity contribution in [3.8, 4) is 0 Å². The van der Waals surface area contributed by atoms with Gasteiger partial charge in [-0.25, -0.2) is 0 Å². The van der Waals surface area contributed by atoms with Crippen molar-refractivity contribution < 1.29 is 5.11 Å². The Bertz CT molecular complexity index is 136. The highest BCUT2D eigenvalue weighted by molar-refractivity contribution is 4.86. The summed E-state index contributed by atoms with van der Waals surface area (Å²) in [5, 5.41) is 9.87. The van der Waals surface area contributed by atoms with Gasteiger partial charge < -0.3 is 5.11 Å². The largest absolute Gasteiger partial charge is 0.392 e. The quantitative estimate of drug-likeness (QED) is 0.642. The zero-order valence-corrected chi connectivity index (χ0v) is 8.00. The van der Waals surface area contributed by atoms with Crippen LogP contribution in [0.3, 0.4) is 0 Å². The molecule has 0 spiro atoms. The van der Waals surface area contributed by atoms with Gasteiger partial charge in [-0.2, -0.15) is 0 Å². The summed E-state index contributed by atoms with van der Waals surface area (Å²) in [7, 11) is 0. The molecule has 70 valence electrons. The summed E-state index contributed by atoms with van der Waals surface area (Å²) < 4.78 is 0. The van der Waals surface area contributed by atoms with E-state index in [0.717, 1.165) is 0 Å². The van der Waals surface area contributed by atoms with E-state index in [-0.39, 0.29) is 12.0 Å². The molecule has 0 unspecified atom stereocenters. The van der Waals surface area contributed by atoms with Gasteiger partial charge in [0, 0.05) is 0 Å². The molecule has 0 radical (unpaired) electrons. The molecule has 1 heteroatoms. The first-order valence-corrected chi connectivity index (χ1v) is 5.06. The van der Waals surface area contributed by atoms with Crippen LogP contribution in [0, 0.1) is 11.8 Å². The van der Waals surface area contributed by atoms with Gasteiger partial charge in [0.15, 0.2) is 0 Å². The van der Waals surface area contributed by atoms with Gasteiger partial charge in [-0.3, -0.25) is 0 Å². The van der Waals surface area contributed by atoms with Crippen molar-refractivity contribution in [2.45, 2.75) is 45.1 Å². The lowest BCUT2D eigenvalue weighted by Crippen LogP contribution is -2.28. The third kappa shape index (κ3) is 2.34. The van der Waals surface area contributed by atoms with E-state index in [1.165, 1.54) is 32.1 Å². The molecule has 0 aromatic heterocycles. The summed E-state index contributed by atoms with van der Waals surface area (Å²) in [6.07, 6.45) is 8.07. The summed E-state index contributed by atoms with van der Waals surface area (Å²) in [6, 6.07) is 0. The van der Waals surface area contributed by atoms with Crippen molar-refractivity contribution >= 4 is 0 Å². The van der Waals surface area contributed by atoms with Gasteiger partial charge >= 0.3 is 0 Å². The maximum atomic E-state index is 9.87. The van der Waals surface area contributed by atoms with Crippen molar-refractivity contribution in [3.05, 3.63) is 12.7 Å². The molecule has 0 bridgehead atoms. The van der Waals surface area contributed by atoms with E-state index >= 15 is 0 Å². The Morgan fingerprint density at radius 3 is 2.42 bits per heavy atom. The summed E-state index contributed by atoms with van der Waals surface area (Å²) >= 11 is 0. The number of aliphatic hydroxyl groups is 1. The van der Waals surface area contributed by atoms with Crippen LogP contribution in [0.2, 0.25) is 0 Å². The molecule has 1 nitrogen and oxygen atoms in total. The van der Waals surface area contributed by atoms with E-state index < -0.39 is 0 Å². The number of aliphatic hydroxyl groups excluding tert-OH is 1. The van der Waals surface area contributed by atoms with Crippen LogP contribution in [0.15, 0.2) is 12.7 Å². The van der Waals surface area contributed by atoms with Crippen LogP contribution in [-0.4, -0.2) is 11.2 Å². The third-order valence-corrected chi connectivity index (χ3v) is 3.04. The lowest BCUT2D eigenvalue weighted by Gasteiger charge is -2.29. The summed E-state index contributed by atoms with van der Waals surface area (Å²) in [5.74, 6) is 0.792. The van der Waals surface area contributed by atoms with E-state index in [0.29, 0.717) is 5.92 Å². The van der Waals surface area contributed by atoms with Crippen LogP contribution in [0.4, 0.5) is 0 Å². The minimum atomic E-state index is -0.150. The lowest BCUT2D eigenvalue weighted by atomic mass is 9.81. The molecule has 1 fully saturated rings. The van der Waals surface area contributed by atoms with Crippen LogP contribution in [0.5, 0.6) is 0 Å². The Kier molecular flexibility index (Phi) is 3.80. The van der Waals surface area contributed by atoms with Gasteiger partial charge in [-0.05, 0) is 24.7 Å². The standard InChI is InChI=1S/C11H20O/c1-3-9(2)11(12)10-7-5-4-6-8-10/h3,9-12H,1,4-8H2,2H3/t9-,11-/m1/s1. The molecular weight excluding hydrogens is 148 g/mol. The zero-order chi connectivity index (χ0) is 8.97. The second-order valence-corrected chi connectivity index (χ2v) is 3.98. The van der Waals surface area contributed by atoms with Gasteiger partial charge in [0.05, 0.1) is 6.10 Å². The minimum Gasteiger partial charge on any atom is -0.392 e. The Morgan fingerprint density at radius 2 is 1.92 bits per heavy atom. The molecule has 12 heavy (non-hydrogen) atoms. The van der Waals surface area contributed by atoms with Crippen LogP contribution < -0.4 is 0 Å². The smallest absolute Gasteiger partial charge is 0.0628 e. The molecule has 0 aliphatic heterocycles. The maximum Gasteiger partial charge on any atom is 0.0628 e. The normalized spacial score (nSPS) is 24.8. The number of hydrogen-bond acceptors (Lipinski definition) is 1. The van der Waals surface area contributed by atoms with Crippen molar-refractivity contribution in [3.63, 3.8) is 0 Å². The van der Waals surface area contributed by atoms with Crippen molar-refractivity contribution in [2.24, 2.45) is 11.8 Å². The van der Waals surface area contributed by atoms with Gasteiger partial charge in [0.2, 0.25) is 0 Å². The van der Waals surface area contributed by atoms with E-state index in [1.807, 2.05) is 13.0 Å². The van der Waals surface area contributed by atoms with E-state index in [2.05, 4.69) is 6.58 Å². The third-order valence-electron chi connectivity index (χ3n) is 3.04. The molecule has 1 rings (SSSR count). The molecule has 2 atom stereocenters. The molecule has 1 aliphatic rings. The number of rotatable bonds is 3. The summed E-state index contributed by atoms with van der Waals surface area (Å²) in [5.41, 5.74) is 0. The predicted octanol–water partition coefficient (Wildman–Crippen LogP) is 2.75. The molecule has 1 saturated carbocycles. The minimum absolute atomic E-state index is 0.150. The molecule has 0 aromatic carbocycles. The second-order valence-electron chi connectivity index (χ2n) is 3.98. The summed E-state index contributed by atoms with van der Waals surface area (Å²) in [6.45, 7) is 5.76. The van der Waals surface area contributed by atoms with Crippen molar-refractivity contribution in [1.29, 1.82) is 0 Å². The second kappa shape index (κ2) is 4.66. The first kappa shape index (κ1) is 9.79. The fourth-order valence-electron chi connectivity index (χ4n) is 2.04. The Morgan fingerprint density at radius 1 is 1.33 bits per heavy atom. The number of hydrogen-bond donors (Lipinski definition) is 1. The molecule has 0 amide bonds. The average Bonchev–Trinajstić information content (AvgIpc) is 2.17. The van der Waals surface area contributed by atoms with Gasteiger partial charge in [-0.15, -0.1) is 6.58 Å². The molecule has 1 N–H and O–H groups in total. The highest BCUT2D eigenvalue weighted by atomic mass is 16.3. The summed E-state index contributed by atoms with van der Waals surface area (Å²) in [4.78, 5) is 0. The van der Waals surface area contributed by atoms with Crippen LogP contribution in [-0.2, 0) is 0 Å². The Balaban J connectivity index is 2.38. The van der Waals surface area contributed by atoms with Crippen molar-refractivity contribution in [1.82, 2.24) is 0 Å². The van der Waals surface area contributed by atoms with E-state index in [4.69, 9.17) is 0 Å². The van der Waals surface area contributed by atoms with Crippen molar-refractivity contribution in [2.75, 3.05) is 0 Å². The highest BCUT2D eigenvalue weighted by Gasteiger charge is 2.24. The topological polar surface area (TPSA) is 20.2 Å². The molecule has 0 aromatic rings. The van der Waals surface area contributed by atoms with Gasteiger partial charge in [-0.1, -0.05) is 32.3 Å². The highest BCUT2D eigenvalue weighted by Crippen LogP contribution is 2.29. The molecule has 0 heterocycles. The van der Waals surface area contributed by atoms with Crippen LogP contribution >= 0.6 is 0 Å². The Hall–Kier alpha value is -0.300. The molecule has 0 saturated heterocycles. The van der Waals surface area contributed by atoms with Gasteiger partial charge in [0.25, 0.3) is 0 Å². The lowest BCUT2D eigenvalue weighted by molar-refractivity contribution is 0.0558. The fourth-order valence-corrected chi connectivity index (χ4v) is 2.04. The Labute approximate surface area is 75.5 Å². The van der Waals surface area contributed by atoms with Crippen LogP contribution in [0.25, 0.3) is 0 Å². The molecular formula is C11H20O. The monoisotopic (exact) mass is 168 g/mol. The van der Waals surface area contributed by atoms with E-state index in [1.54, 1.807) is 0 Å². The predicted molar refractivity (Wildman–Crippen MR) is 51.9 cm³/mol. The van der Waals surface area contributed by atoms with E-state index in [9.17, 15) is 5.11 Å². The fraction of sp³-hybridized carbons (Fsp3) is 0.818. The maximum absolute atomic E-state index is 9.87. The first-order chi connectivity index (χ1) is 5.75. The SMILES string of the molecule is C=C[C@@H](C)[C@@H](O)C1CCCCC1. The zero-order valence-electron chi connectivity index (χ0n) is 8.00. The molecule has 1 aliphatic carbocycles. The van der Waals surface area contributed by atoms with Gasteiger partial charge in [0.1, 0.15) is 0 Å². The van der Waals surface area contributed by atoms with Crippen LogP contribution in [0.1, 0.15) is 39.0 Å². The first-order valence-electron chi connectivity index (χ1n) is 5.06. The average molecular weight is 168 g/mol.